The number of halogens is 2. The summed E-state index contributed by atoms with van der Waals surface area (Å²) in [6.45, 7) is 1.71. The molecule has 0 aliphatic heterocycles. The molecule has 2 nitrogen and oxygen atoms in total. The van der Waals surface area contributed by atoms with E-state index in [-0.39, 0.29) is 17.4 Å². The monoisotopic (exact) mass is 216 g/mol. The number of benzene rings is 1. The first kappa shape index (κ1) is 11.0. The number of rotatable bonds is 4. The summed E-state index contributed by atoms with van der Waals surface area (Å²) in [4.78, 5) is 10.9. The molecule has 0 unspecified atom stereocenters. The summed E-state index contributed by atoms with van der Waals surface area (Å²) in [7, 11) is 0. The van der Waals surface area contributed by atoms with Gasteiger partial charge in [-0.25, -0.2) is 4.39 Å². The highest BCUT2D eigenvalue weighted by Gasteiger charge is 2.03. The Balaban J connectivity index is 2.60. The van der Waals surface area contributed by atoms with E-state index in [1.807, 2.05) is 0 Å². The average Bonchev–Trinajstić information content (AvgIpc) is 2.19. The van der Waals surface area contributed by atoms with Crippen LogP contribution in [-0.2, 0) is 4.79 Å². The summed E-state index contributed by atoms with van der Waals surface area (Å²) >= 11 is 5.47. The van der Waals surface area contributed by atoms with Crippen molar-refractivity contribution < 1.29 is 13.9 Å². The van der Waals surface area contributed by atoms with Crippen LogP contribution in [0, 0.1) is 5.82 Å². The second-order valence-corrected chi connectivity index (χ2v) is 3.16. The summed E-state index contributed by atoms with van der Waals surface area (Å²) in [6.07, 6.45) is 0.413. The van der Waals surface area contributed by atoms with Gasteiger partial charge in [0.1, 0.15) is 18.2 Å². The molecule has 0 saturated heterocycles. The van der Waals surface area contributed by atoms with E-state index in [0.29, 0.717) is 12.2 Å². The van der Waals surface area contributed by atoms with Gasteiger partial charge in [0.15, 0.2) is 5.78 Å². The third-order valence-corrected chi connectivity index (χ3v) is 1.99. The Morgan fingerprint density at radius 1 is 1.57 bits per heavy atom. The van der Waals surface area contributed by atoms with Gasteiger partial charge in [-0.05, 0) is 12.1 Å². The van der Waals surface area contributed by atoms with Crippen LogP contribution in [-0.4, -0.2) is 12.4 Å². The predicted octanol–water partition coefficient (Wildman–Crippen LogP) is 2.84. The van der Waals surface area contributed by atoms with Gasteiger partial charge in [0.05, 0.1) is 5.02 Å². The molecule has 0 aromatic heterocycles. The maximum atomic E-state index is 12.9. The molecule has 0 aliphatic rings. The summed E-state index contributed by atoms with van der Waals surface area (Å²) in [6, 6.07) is 4.07. The van der Waals surface area contributed by atoms with Crippen LogP contribution in [0.2, 0.25) is 5.02 Å². The summed E-state index contributed by atoms with van der Waals surface area (Å²) < 4.78 is 17.9. The molecule has 0 atom stereocenters. The van der Waals surface area contributed by atoms with Gasteiger partial charge < -0.3 is 4.74 Å². The van der Waals surface area contributed by atoms with Crippen molar-refractivity contribution in [2.75, 3.05) is 6.61 Å². The average molecular weight is 217 g/mol. The third kappa shape index (κ3) is 3.00. The lowest BCUT2D eigenvalue weighted by Gasteiger charge is -2.04. The zero-order chi connectivity index (χ0) is 10.6. The van der Waals surface area contributed by atoms with Gasteiger partial charge in [-0.2, -0.15) is 0 Å². The van der Waals surface area contributed by atoms with Crippen LogP contribution in [0.1, 0.15) is 13.3 Å². The van der Waals surface area contributed by atoms with E-state index in [9.17, 15) is 9.18 Å². The molecule has 0 heterocycles. The molecular formula is C10H10ClFO2. The maximum Gasteiger partial charge on any atom is 0.169 e. The van der Waals surface area contributed by atoms with Gasteiger partial charge in [0.25, 0.3) is 0 Å². The fraction of sp³-hybridized carbons (Fsp3) is 0.300. The Morgan fingerprint density at radius 2 is 2.29 bits per heavy atom. The molecule has 0 bridgehead atoms. The minimum absolute atomic E-state index is 0.0274. The Labute approximate surface area is 86.6 Å². The van der Waals surface area contributed by atoms with Crippen LogP contribution in [0.5, 0.6) is 5.75 Å². The highest BCUT2D eigenvalue weighted by atomic mass is 35.5. The molecule has 0 fully saturated rings. The lowest BCUT2D eigenvalue weighted by Crippen LogP contribution is -2.09. The normalized spacial score (nSPS) is 9.93. The molecule has 1 rings (SSSR count). The number of carbonyl (C=O) groups is 1. The Kier molecular flexibility index (Phi) is 3.89. The smallest absolute Gasteiger partial charge is 0.169 e. The van der Waals surface area contributed by atoms with E-state index < -0.39 is 5.82 Å². The fourth-order valence-corrected chi connectivity index (χ4v) is 0.950. The standard InChI is InChI=1S/C10H10ClFO2/c1-2-7(13)6-14-8-3-4-9(11)10(12)5-8/h3-5H,2,6H2,1H3. The molecule has 0 N–H and O–H groups in total. The van der Waals surface area contributed by atoms with Crippen molar-refractivity contribution in [3.63, 3.8) is 0 Å². The first-order valence-corrected chi connectivity index (χ1v) is 4.61. The third-order valence-electron chi connectivity index (χ3n) is 1.69. The molecule has 76 valence electrons. The minimum atomic E-state index is -0.548. The molecule has 0 amide bonds. The first-order chi connectivity index (χ1) is 6.63. The number of carbonyl (C=O) groups excluding carboxylic acids is 1. The largest absolute Gasteiger partial charge is 0.486 e. The van der Waals surface area contributed by atoms with Crippen LogP contribution in [0.15, 0.2) is 18.2 Å². The van der Waals surface area contributed by atoms with Crippen LogP contribution in [0.3, 0.4) is 0 Å². The van der Waals surface area contributed by atoms with Crippen molar-refractivity contribution in [3.8, 4) is 5.75 Å². The summed E-state index contributed by atoms with van der Waals surface area (Å²) in [5, 5.41) is 0.0409. The van der Waals surface area contributed by atoms with Crippen LogP contribution in [0.4, 0.5) is 4.39 Å². The van der Waals surface area contributed by atoms with Crippen molar-refractivity contribution in [2.45, 2.75) is 13.3 Å². The number of hydrogen-bond donors (Lipinski definition) is 0. The number of hydrogen-bond acceptors (Lipinski definition) is 2. The topological polar surface area (TPSA) is 26.3 Å². The van der Waals surface area contributed by atoms with Crippen molar-refractivity contribution in [1.82, 2.24) is 0 Å². The van der Waals surface area contributed by atoms with Crippen molar-refractivity contribution >= 4 is 17.4 Å². The molecule has 0 aliphatic carbocycles. The Bertz CT molecular complexity index is 339. The first-order valence-electron chi connectivity index (χ1n) is 4.23. The fourth-order valence-electron chi connectivity index (χ4n) is 0.833. The minimum Gasteiger partial charge on any atom is -0.486 e. The molecule has 0 spiro atoms. The highest BCUT2D eigenvalue weighted by Crippen LogP contribution is 2.20. The molecule has 1 aromatic carbocycles. The van der Waals surface area contributed by atoms with Crippen molar-refractivity contribution in [1.29, 1.82) is 0 Å². The van der Waals surface area contributed by atoms with Gasteiger partial charge in [0.2, 0.25) is 0 Å². The van der Waals surface area contributed by atoms with Crippen molar-refractivity contribution in [3.05, 3.63) is 29.0 Å². The van der Waals surface area contributed by atoms with Crippen LogP contribution < -0.4 is 4.74 Å². The molecule has 1 aromatic rings. The second kappa shape index (κ2) is 4.96. The number of ketones is 1. The Morgan fingerprint density at radius 3 is 2.86 bits per heavy atom. The van der Waals surface area contributed by atoms with E-state index in [1.165, 1.54) is 12.1 Å². The number of Topliss-reactive ketones (excluding diaryl/α,β-unsaturated/α-hetero) is 1. The van der Waals surface area contributed by atoms with E-state index in [1.54, 1.807) is 6.92 Å². The molecule has 0 radical (unpaired) electrons. The molecule has 4 heteroatoms. The van der Waals surface area contributed by atoms with E-state index in [0.717, 1.165) is 6.07 Å². The van der Waals surface area contributed by atoms with E-state index >= 15 is 0 Å². The van der Waals surface area contributed by atoms with Gasteiger partial charge in [0, 0.05) is 12.5 Å². The van der Waals surface area contributed by atoms with Gasteiger partial charge in [-0.15, -0.1) is 0 Å². The quantitative estimate of drug-likeness (QED) is 0.774. The van der Waals surface area contributed by atoms with Gasteiger partial charge >= 0.3 is 0 Å². The van der Waals surface area contributed by atoms with Crippen LogP contribution in [0.25, 0.3) is 0 Å². The van der Waals surface area contributed by atoms with Gasteiger partial charge in [-0.3, -0.25) is 4.79 Å². The predicted molar refractivity (Wildman–Crippen MR) is 52.2 cm³/mol. The van der Waals surface area contributed by atoms with Crippen molar-refractivity contribution in [2.24, 2.45) is 0 Å². The SMILES string of the molecule is CCC(=O)COc1ccc(Cl)c(F)c1. The van der Waals surface area contributed by atoms with Crippen LogP contribution >= 0.6 is 11.6 Å². The number of ether oxygens (including phenoxy) is 1. The Hall–Kier alpha value is -1.09. The highest BCUT2D eigenvalue weighted by molar-refractivity contribution is 6.30. The lowest BCUT2D eigenvalue weighted by molar-refractivity contribution is -0.120. The van der Waals surface area contributed by atoms with Gasteiger partial charge in [-0.1, -0.05) is 18.5 Å². The molecule has 0 saturated carbocycles. The van der Waals surface area contributed by atoms with E-state index in [2.05, 4.69) is 0 Å². The lowest BCUT2D eigenvalue weighted by atomic mass is 10.3. The zero-order valence-corrected chi connectivity index (χ0v) is 8.47. The maximum absolute atomic E-state index is 12.9. The summed E-state index contributed by atoms with van der Waals surface area (Å²) in [5.74, 6) is -0.262. The second-order valence-electron chi connectivity index (χ2n) is 2.76. The summed E-state index contributed by atoms with van der Waals surface area (Å²) in [5.41, 5.74) is 0. The molecular weight excluding hydrogens is 207 g/mol. The van der Waals surface area contributed by atoms with E-state index in [4.69, 9.17) is 16.3 Å². The molecule has 14 heavy (non-hydrogen) atoms. The zero-order valence-electron chi connectivity index (χ0n) is 7.72.